The Morgan fingerprint density at radius 2 is 1.64 bits per heavy atom. The molecule has 272 valence electrons. The minimum atomic E-state index is -3.70. The lowest BCUT2D eigenvalue weighted by molar-refractivity contribution is -0.0312. The second kappa shape index (κ2) is 14.3. The van der Waals surface area contributed by atoms with E-state index in [1.165, 1.54) is 12.1 Å². The van der Waals surface area contributed by atoms with Crippen LogP contribution in [0.25, 0.3) is 11.1 Å². The number of rotatable bonds is 14. The van der Waals surface area contributed by atoms with Crippen LogP contribution >= 0.6 is 0 Å². The average molecular weight is 728 g/mol. The summed E-state index contributed by atoms with van der Waals surface area (Å²) in [6.45, 7) is 5.69. The third kappa shape index (κ3) is 7.51. The summed E-state index contributed by atoms with van der Waals surface area (Å²) in [4.78, 5) is 0.370. The summed E-state index contributed by atoms with van der Waals surface area (Å²) < 4.78 is 65.7. The Balaban J connectivity index is 0.981. The fourth-order valence-corrected chi connectivity index (χ4v) is 10.2. The number of nitrogens with one attached hydrogen (secondary N) is 1. The van der Waals surface area contributed by atoms with Gasteiger partial charge in [-0.25, -0.2) is 16.8 Å². The fourth-order valence-electron chi connectivity index (χ4n) is 6.86. The Kier molecular flexibility index (Phi) is 10.5. The number of ether oxygens (including phenoxy) is 2. The topological polar surface area (TPSA) is 168 Å². The fraction of sp³-hybridized carbons (Fsp3) is 0.514. The number of piperidine rings is 1. The normalized spacial score (nSPS) is 21.3. The molecule has 11 nitrogen and oxygen atoms in total. The molecule has 6 rings (SSSR count). The lowest BCUT2D eigenvalue weighted by Gasteiger charge is -2.38. The standard InChI is InChI=1S/C37H49N3O8S2/c1-35(2,25-38)29-11-9-27(10-12-29)28-5-3-8-34(19-28)50(45,46)40-17-15-36(16-18-40)21-30(23-48-36)39-22-31(42)24-47-32-6-4-7-33(20-32)49(43,44)37(26-41)13-14-37/h3-12,19-20,30-31,39,41-42H,13-18,21-26,38H2,1-2H3/t30-,31?/m1/s1. The molecule has 1 saturated carbocycles. The van der Waals surface area contributed by atoms with E-state index in [2.05, 4.69) is 19.2 Å². The summed E-state index contributed by atoms with van der Waals surface area (Å²) in [5.41, 5.74) is 8.27. The number of aliphatic hydroxyl groups is 2. The first-order valence-electron chi connectivity index (χ1n) is 17.3. The number of benzene rings is 3. The molecule has 1 unspecified atom stereocenters. The zero-order valence-electron chi connectivity index (χ0n) is 28.8. The first-order chi connectivity index (χ1) is 23.7. The van der Waals surface area contributed by atoms with Crippen LogP contribution in [0.4, 0.5) is 0 Å². The van der Waals surface area contributed by atoms with Gasteiger partial charge in [-0.3, -0.25) is 0 Å². The number of sulfonamides is 1. The van der Waals surface area contributed by atoms with Crippen LogP contribution < -0.4 is 15.8 Å². The van der Waals surface area contributed by atoms with Crippen LogP contribution in [0, 0.1) is 0 Å². The molecule has 2 atom stereocenters. The second-order valence-electron chi connectivity index (χ2n) is 14.7. The minimum Gasteiger partial charge on any atom is -0.491 e. The van der Waals surface area contributed by atoms with Crippen molar-refractivity contribution in [2.75, 3.05) is 46.0 Å². The van der Waals surface area contributed by atoms with Gasteiger partial charge in [0.25, 0.3) is 0 Å². The molecule has 1 spiro atoms. The van der Waals surface area contributed by atoms with Gasteiger partial charge in [-0.2, -0.15) is 4.31 Å². The van der Waals surface area contributed by atoms with Gasteiger partial charge >= 0.3 is 0 Å². The molecule has 2 aliphatic heterocycles. The molecule has 3 aliphatic rings. The van der Waals surface area contributed by atoms with Crippen molar-refractivity contribution in [3.8, 4) is 16.9 Å². The predicted octanol–water partition coefficient (Wildman–Crippen LogP) is 3.23. The summed E-state index contributed by atoms with van der Waals surface area (Å²) in [5.74, 6) is 0.330. The number of hydrogen-bond donors (Lipinski definition) is 4. The van der Waals surface area contributed by atoms with Crippen LogP contribution in [0.15, 0.2) is 82.6 Å². The van der Waals surface area contributed by atoms with Gasteiger partial charge in [-0.05, 0) is 79.1 Å². The molecular formula is C37H49N3O8S2. The van der Waals surface area contributed by atoms with Gasteiger partial charge < -0.3 is 30.7 Å². The zero-order chi connectivity index (χ0) is 35.8. The van der Waals surface area contributed by atoms with Gasteiger partial charge in [0, 0.05) is 37.6 Å². The lowest BCUT2D eigenvalue weighted by Crippen LogP contribution is -2.47. The SMILES string of the molecule is CC(C)(CN)c1ccc(-c2cccc(S(=O)(=O)N3CCC4(CC3)C[C@@H](NCC(O)COc3cccc(S(=O)(=O)C5(CO)CC5)c3)CO4)c2)cc1. The van der Waals surface area contributed by atoms with E-state index < -0.39 is 42.9 Å². The summed E-state index contributed by atoms with van der Waals surface area (Å²) in [6, 6.07) is 21.4. The van der Waals surface area contributed by atoms with Crippen molar-refractivity contribution >= 4 is 19.9 Å². The Morgan fingerprint density at radius 3 is 2.30 bits per heavy atom. The maximum Gasteiger partial charge on any atom is 0.243 e. The second-order valence-corrected chi connectivity index (χ2v) is 19.0. The van der Waals surface area contributed by atoms with E-state index in [0.717, 1.165) is 16.7 Å². The first-order valence-corrected chi connectivity index (χ1v) is 20.2. The minimum absolute atomic E-state index is 0.00649. The van der Waals surface area contributed by atoms with Crippen LogP contribution in [-0.2, 0) is 30.0 Å². The van der Waals surface area contributed by atoms with E-state index in [1.807, 2.05) is 30.3 Å². The van der Waals surface area contributed by atoms with Gasteiger partial charge in [0.05, 0.1) is 33.4 Å². The van der Waals surface area contributed by atoms with Crippen molar-refractivity contribution in [2.24, 2.45) is 5.73 Å². The molecule has 50 heavy (non-hydrogen) atoms. The number of aliphatic hydroxyl groups excluding tert-OH is 2. The quantitative estimate of drug-likeness (QED) is 0.194. The number of hydrogen-bond acceptors (Lipinski definition) is 10. The smallest absolute Gasteiger partial charge is 0.243 e. The van der Waals surface area contributed by atoms with Gasteiger partial charge in [0.15, 0.2) is 9.84 Å². The molecular weight excluding hydrogens is 679 g/mol. The van der Waals surface area contributed by atoms with Crippen LogP contribution in [-0.4, -0.2) is 99.8 Å². The Bertz CT molecular complexity index is 1870. The number of nitrogens with zero attached hydrogens (tertiary/aromatic N) is 1. The molecule has 5 N–H and O–H groups in total. The number of sulfone groups is 1. The van der Waals surface area contributed by atoms with Gasteiger partial charge in [0.1, 0.15) is 18.5 Å². The van der Waals surface area contributed by atoms with Crippen LogP contribution in [0.1, 0.15) is 51.5 Å². The molecule has 0 radical (unpaired) electrons. The molecule has 3 fully saturated rings. The molecule has 0 bridgehead atoms. The van der Waals surface area contributed by atoms with E-state index in [-0.39, 0.29) is 34.4 Å². The highest BCUT2D eigenvalue weighted by Gasteiger charge is 2.54. The highest BCUT2D eigenvalue weighted by Crippen LogP contribution is 2.46. The maximum absolute atomic E-state index is 13.7. The van der Waals surface area contributed by atoms with Crippen LogP contribution in [0.3, 0.4) is 0 Å². The highest BCUT2D eigenvalue weighted by molar-refractivity contribution is 7.93. The maximum atomic E-state index is 13.7. The van der Waals surface area contributed by atoms with Crippen molar-refractivity contribution in [1.29, 1.82) is 0 Å². The Labute approximate surface area is 295 Å². The summed E-state index contributed by atoms with van der Waals surface area (Å²) in [5, 5.41) is 23.5. The largest absolute Gasteiger partial charge is 0.491 e. The summed E-state index contributed by atoms with van der Waals surface area (Å²) in [6.07, 6.45) is 1.87. The van der Waals surface area contributed by atoms with E-state index in [1.54, 1.807) is 34.6 Å². The molecule has 3 aromatic rings. The third-order valence-corrected chi connectivity index (χ3v) is 15.1. The molecule has 0 aromatic heterocycles. The number of nitrogens with two attached hydrogens (primary N) is 1. The molecule has 2 heterocycles. The van der Waals surface area contributed by atoms with Crippen LogP contribution in [0.5, 0.6) is 5.75 Å². The predicted molar refractivity (Wildman–Crippen MR) is 191 cm³/mol. The monoisotopic (exact) mass is 727 g/mol. The molecule has 3 aromatic carbocycles. The molecule has 13 heteroatoms. The van der Waals surface area contributed by atoms with Crippen LogP contribution in [0.2, 0.25) is 0 Å². The third-order valence-electron chi connectivity index (χ3n) is 10.7. The van der Waals surface area contributed by atoms with Gasteiger partial charge in [0.2, 0.25) is 10.0 Å². The Morgan fingerprint density at radius 1 is 0.960 bits per heavy atom. The average Bonchev–Trinajstić information content (AvgIpc) is 3.86. The van der Waals surface area contributed by atoms with E-state index in [4.69, 9.17) is 15.2 Å². The zero-order valence-corrected chi connectivity index (χ0v) is 30.4. The van der Waals surface area contributed by atoms with Gasteiger partial charge in [-0.1, -0.05) is 56.3 Å². The highest BCUT2D eigenvalue weighted by atomic mass is 32.2. The van der Waals surface area contributed by atoms with Crippen molar-refractivity contribution in [2.45, 2.75) is 83.7 Å². The Hall–Kier alpha value is -2.88. The molecule has 0 amide bonds. The van der Waals surface area contributed by atoms with E-state index in [9.17, 15) is 27.0 Å². The van der Waals surface area contributed by atoms with Crippen molar-refractivity contribution < 1.29 is 36.5 Å². The summed E-state index contributed by atoms with van der Waals surface area (Å²) >= 11 is 0. The van der Waals surface area contributed by atoms with Crippen molar-refractivity contribution in [3.05, 3.63) is 78.4 Å². The van der Waals surface area contributed by atoms with E-state index >= 15 is 0 Å². The summed E-state index contributed by atoms with van der Waals surface area (Å²) in [7, 11) is -7.38. The van der Waals surface area contributed by atoms with E-state index in [0.29, 0.717) is 64.1 Å². The van der Waals surface area contributed by atoms with Crippen molar-refractivity contribution in [3.63, 3.8) is 0 Å². The van der Waals surface area contributed by atoms with Gasteiger partial charge in [-0.15, -0.1) is 0 Å². The molecule has 1 aliphatic carbocycles. The van der Waals surface area contributed by atoms with Crippen molar-refractivity contribution in [1.82, 2.24) is 9.62 Å². The molecule has 2 saturated heterocycles. The lowest BCUT2D eigenvalue weighted by atomic mass is 9.84. The first kappa shape index (κ1) is 36.9.